The van der Waals surface area contributed by atoms with E-state index in [0.717, 1.165) is 6.54 Å². The van der Waals surface area contributed by atoms with E-state index in [9.17, 15) is 0 Å². The van der Waals surface area contributed by atoms with Crippen molar-refractivity contribution in [3.8, 4) is 0 Å². The minimum absolute atomic E-state index is 0.458. The van der Waals surface area contributed by atoms with Crippen molar-refractivity contribution < 1.29 is 0 Å². The maximum Gasteiger partial charge on any atom is 0.0302 e. The minimum atomic E-state index is 0.458. The Hall–Kier alpha value is -0.470. The molecule has 0 amide bonds. The summed E-state index contributed by atoms with van der Waals surface area (Å²) in [5, 5.41) is 3.58. The van der Waals surface area contributed by atoms with Gasteiger partial charge in [0.15, 0.2) is 0 Å². The third kappa shape index (κ3) is 5.45. The number of nitrogens with one attached hydrogen (secondary N) is 1. The van der Waals surface area contributed by atoms with Gasteiger partial charge in [0, 0.05) is 10.9 Å². The third-order valence-corrected chi connectivity index (χ3v) is 4.27. The Morgan fingerprint density at radius 1 is 1.11 bits per heavy atom. The molecule has 0 aromatic heterocycles. The van der Waals surface area contributed by atoms with E-state index >= 15 is 0 Å². The number of rotatable bonds is 9. The zero-order chi connectivity index (χ0) is 13.2. The quantitative estimate of drug-likeness (QED) is 0.496. The van der Waals surface area contributed by atoms with Crippen LogP contribution in [0.1, 0.15) is 58.1 Å². The third-order valence-electron chi connectivity index (χ3n) is 3.09. The second-order valence-corrected chi connectivity index (χ2v) is 5.91. The first-order valence-electron chi connectivity index (χ1n) is 7.24. The lowest BCUT2D eigenvalue weighted by atomic mass is 10.1. The fourth-order valence-electron chi connectivity index (χ4n) is 1.97. The lowest BCUT2D eigenvalue weighted by Crippen LogP contribution is -2.19. The predicted octanol–water partition coefficient (Wildman–Crippen LogP) is 5.03. The van der Waals surface area contributed by atoms with Gasteiger partial charge in [-0.25, -0.2) is 0 Å². The highest BCUT2D eigenvalue weighted by Gasteiger charge is 2.09. The number of unbranched alkanes of at least 4 members (excludes halogenated alkanes) is 2. The molecule has 0 saturated heterocycles. The van der Waals surface area contributed by atoms with E-state index in [-0.39, 0.29) is 0 Å². The van der Waals surface area contributed by atoms with Crippen molar-refractivity contribution in [1.29, 1.82) is 0 Å². The van der Waals surface area contributed by atoms with Crippen molar-refractivity contribution in [2.75, 3.05) is 12.3 Å². The average molecular weight is 265 g/mol. The molecular weight excluding hydrogens is 238 g/mol. The monoisotopic (exact) mass is 265 g/mol. The maximum atomic E-state index is 3.58. The average Bonchev–Trinajstić information content (AvgIpc) is 2.41. The first kappa shape index (κ1) is 15.6. The molecule has 0 fully saturated rings. The van der Waals surface area contributed by atoms with Crippen molar-refractivity contribution in [2.45, 2.75) is 57.4 Å². The molecule has 0 aliphatic carbocycles. The molecule has 0 saturated carbocycles. The highest BCUT2D eigenvalue weighted by Crippen LogP contribution is 2.28. The van der Waals surface area contributed by atoms with E-state index < -0.39 is 0 Å². The maximum absolute atomic E-state index is 3.58. The normalized spacial score (nSPS) is 12.6. The van der Waals surface area contributed by atoms with Gasteiger partial charge in [-0.15, -0.1) is 11.8 Å². The number of hydrogen-bond donors (Lipinski definition) is 1. The summed E-state index contributed by atoms with van der Waals surface area (Å²) in [6.07, 6.45) is 5.16. The molecule has 1 aromatic carbocycles. The van der Waals surface area contributed by atoms with Crippen molar-refractivity contribution in [2.24, 2.45) is 0 Å². The van der Waals surface area contributed by atoms with Crippen LogP contribution in [0.4, 0.5) is 0 Å². The molecule has 1 atom stereocenters. The molecule has 1 unspecified atom stereocenters. The van der Waals surface area contributed by atoms with Crippen molar-refractivity contribution in [3.05, 3.63) is 29.8 Å². The van der Waals surface area contributed by atoms with Gasteiger partial charge >= 0.3 is 0 Å². The Balaban J connectivity index is 2.55. The standard InChI is InChI=1S/C16H27NS/c1-4-6-9-13-18-16-11-8-7-10-15(16)14(3)17-12-5-2/h7-8,10-11,14,17H,4-6,9,12-13H2,1-3H3. The zero-order valence-corrected chi connectivity index (χ0v) is 12.9. The molecule has 0 spiro atoms. The summed E-state index contributed by atoms with van der Waals surface area (Å²) in [7, 11) is 0. The largest absolute Gasteiger partial charge is 0.310 e. The smallest absolute Gasteiger partial charge is 0.0302 e. The highest BCUT2D eigenvalue weighted by atomic mass is 32.2. The molecule has 18 heavy (non-hydrogen) atoms. The number of hydrogen-bond acceptors (Lipinski definition) is 2. The van der Waals surface area contributed by atoms with Crippen LogP contribution >= 0.6 is 11.8 Å². The summed E-state index contributed by atoms with van der Waals surface area (Å²) < 4.78 is 0. The van der Waals surface area contributed by atoms with Crippen molar-refractivity contribution >= 4 is 11.8 Å². The second-order valence-electron chi connectivity index (χ2n) is 4.77. The topological polar surface area (TPSA) is 12.0 Å². The van der Waals surface area contributed by atoms with Gasteiger partial charge in [0.2, 0.25) is 0 Å². The minimum Gasteiger partial charge on any atom is -0.310 e. The molecule has 2 heteroatoms. The molecule has 0 radical (unpaired) electrons. The van der Waals surface area contributed by atoms with E-state index in [4.69, 9.17) is 0 Å². The van der Waals surface area contributed by atoms with E-state index in [0.29, 0.717) is 6.04 Å². The molecule has 1 rings (SSSR count). The van der Waals surface area contributed by atoms with Gasteiger partial charge in [-0.1, -0.05) is 44.9 Å². The van der Waals surface area contributed by atoms with Gasteiger partial charge in [-0.05, 0) is 43.7 Å². The van der Waals surface area contributed by atoms with Crippen LogP contribution in [0.3, 0.4) is 0 Å². The van der Waals surface area contributed by atoms with Crippen molar-refractivity contribution in [3.63, 3.8) is 0 Å². The Labute approximate surface area is 117 Å². The summed E-state index contributed by atoms with van der Waals surface area (Å²) in [6, 6.07) is 9.28. The van der Waals surface area contributed by atoms with Gasteiger partial charge in [-0.3, -0.25) is 0 Å². The van der Waals surface area contributed by atoms with Crippen LogP contribution in [-0.4, -0.2) is 12.3 Å². The Morgan fingerprint density at radius 3 is 2.61 bits per heavy atom. The molecule has 0 aliphatic rings. The summed E-state index contributed by atoms with van der Waals surface area (Å²) in [5.41, 5.74) is 1.45. The van der Waals surface area contributed by atoms with Crippen LogP contribution in [0.15, 0.2) is 29.2 Å². The van der Waals surface area contributed by atoms with Gasteiger partial charge in [0.25, 0.3) is 0 Å². The van der Waals surface area contributed by atoms with Crippen LogP contribution in [0.5, 0.6) is 0 Å². The molecule has 1 aromatic rings. The van der Waals surface area contributed by atoms with E-state index in [2.05, 4.69) is 50.4 Å². The summed E-state index contributed by atoms with van der Waals surface area (Å²) in [6.45, 7) is 7.83. The lowest BCUT2D eigenvalue weighted by Gasteiger charge is -2.17. The molecule has 0 bridgehead atoms. The molecule has 102 valence electrons. The van der Waals surface area contributed by atoms with E-state index in [1.54, 1.807) is 0 Å². The van der Waals surface area contributed by atoms with Gasteiger partial charge < -0.3 is 5.32 Å². The van der Waals surface area contributed by atoms with Gasteiger partial charge in [0.05, 0.1) is 0 Å². The Bertz CT molecular complexity index is 325. The lowest BCUT2D eigenvalue weighted by molar-refractivity contribution is 0.564. The Morgan fingerprint density at radius 2 is 1.89 bits per heavy atom. The fraction of sp³-hybridized carbons (Fsp3) is 0.625. The fourth-order valence-corrected chi connectivity index (χ4v) is 3.13. The molecule has 0 heterocycles. The van der Waals surface area contributed by atoms with Crippen LogP contribution < -0.4 is 5.32 Å². The Kier molecular flexibility index (Phi) is 8.19. The van der Waals surface area contributed by atoms with Crippen LogP contribution in [-0.2, 0) is 0 Å². The van der Waals surface area contributed by atoms with E-state index in [1.165, 1.54) is 41.9 Å². The van der Waals surface area contributed by atoms with Crippen LogP contribution in [0.25, 0.3) is 0 Å². The number of thioether (sulfide) groups is 1. The van der Waals surface area contributed by atoms with E-state index in [1.807, 2.05) is 11.8 Å². The summed E-state index contributed by atoms with van der Waals surface area (Å²) >= 11 is 2.01. The van der Waals surface area contributed by atoms with Gasteiger partial charge in [0.1, 0.15) is 0 Å². The molecule has 0 aliphatic heterocycles. The first-order chi connectivity index (χ1) is 8.79. The zero-order valence-electron chi connectivity index (χ0n) is 12.0. The molecule has 1 nitrogen and oxygen atoms in total. The van der Waals surface area contributed by atoms with Crippen LogP contribution in [0.2, 0.25) is 0 Å². The van der Waals surface area contributed by atoms with Crippen LogP contribution in [0, 0.1) is 0 Å². The first-order valence-corrected chi connectivity index (χ1v) is 8.23. The highest BCUT2D eigenvalue weighted by molar-refractivity contribution is 7.99. The van der Waals surface area contributed by atoms with Gasteiger partial charge in [-0.2, -0.15) is 0 Å². The summed E-state index contributed by atoms with van der Waals surface area (Å²) in [4.78, 5) is 1.45. The predicted molar refractivity (Wildman–Crippen MR) is 83.4 cm³/mol. The molecular formula is C16H27NS. The second kappa shape index (κ2) is 9.46. The summed E-state index contributed by atoms with van der Waals surface area (Å²) in [5.74, 6) is 1.24. The molecule has 1 N–H and O–H groups in total. The number of benzene rings is 1. The SMILES string of the molecule is CCCCCSc1ccccc1C(C)NCCC. The van der Waals surface area contributed by atoms with Crippen molar-refractivity contribution in [1.82, 2.24) is 5.32 Å².